The quantitative estimate of drug-likeness (QED) is 0.594. The average molecular weight is 235 g/mol. The SMILES string of the molecule is COCCSCC(=O)NC(C)CC(=O)O. The average Bonchev–Trinajstić information content (AvgIpc) is 2.10. The van der Waals surface area contributed by atoms with Crippen molar-refractivity contribution in [3.8, 4) is 0 Å². The second-order valence-corrected chi connectivity index (χ2v) is 4.22. The summed E-state index contributed by atoms with van der Waals surface area (Å²) in [6, 6.07) is -0.321. The van der Waals surface area contributed by atoms with Crippen LogP contribution in [0.5, 0.6) is 0 Å². The second-order valence-electron chi connectivity index (χ2n) is 3.11. The molecule has 2 N–H and O–H groups in total. The van der Waals surface area contributed by atoms with Crippen molar-refractivity contribution in [1.29, 1.82) is 0 Å². The van der Waals surface area contributed by atoms with Crippen LogP contribution in [0.3, 0.4) is 0 Å². The molecule has 15 heavy (non-hydrogen) atoms. The monoisotopic (exact) mass is 235 g/mol. The van der Waals surface area contributed by atoms with E-state index in [0.717, 1.165) is 5.75 Å². The fourth-order valence-corrected chi connectivity index (χ4v) is 1.63. The van der Waals surface area contributed by atoms with E-state index in [9.17, 15) is 9.59 Å². The number of thioether (sulfide) groups is 1. The molecule has 0 rings (SSSR count). The molecule has 5 nitrogen and oxygen atoms in total. The maximum absolute atomic E-state index is 11.2. The lowest BCUT2D eigenvalue weighted by atomic mass is 10.2. The third-order valence-electron chi connectivity index (χ3n) is 1.55. The number of carbonyl (C=O) groups excluding carboxylic acids is 1. The standard InChI is InChI=1S/C9H17NO4S/c1-7(5-9(12)13)10-8(11)6-15-4-3-14-2/h7H,3-6H2,1-2H3,(H,10,11)(H,12,13). The Morgan fingerprint density at radius 1 is 1.53 bits per heavy atom. The topological polar surface area (TPSA) is 75.6 Å². The number of carboxylic acid groups (broad SMARTS) is 1. The van der Waals surface area contributed by atoms with Crippen molar-refractivity contribution in [3.63, 3.8) is 0 Å². The van der Waals surface area contributed by atoms with E-state index >= 15 is 0 Å². The predicted octanol–water partition coefficient (Wildman–Crippen LogP) is 0.345. The van der Waals surface area contributed by atoms with Gasteiger partial charge in [0.2, 0.25) is 5.91 Å². The molecule has 0 saturated heterocycles. The Morgan fingerprint density at radius 2 is 2.20 bits per heavy atom. The first-order chi connectivity index (χ1) is 7.06. The van der Waals surface area contributed by atoms with Gasteiger partial charge in [0.15, 0.2) is 0 Å². The van der Waals surface area contributed by atoms with Crippen molar-refractivity contribution < 1.29 is 19.4 Å². The summed E-state index contributed by atoms with van der Waals surface area (Å²) in [6.07, 6.45) is -0.0471. The van der Waals surface area contributed by atoms with E-state index in [1.807, 2.05) is 0 Å². The number of hydrogen-bond acceptors (Lipinski definition) is 4. The predicted molar refractivity (Wildman–Crippen MR) is 59.1 cm³/mol. The van der Waals surface area contributed by atoms with E-state index in [-0.39, 0.29) is 18.4 Å². The summed E-state index contributed by atoms with van der Waals surface area (Å²) in [7, 11) is 1.61. The number of methoxy groups -OCH3 is 1. The van der Waals surface area contributed by atoms with Crippen LogP contribution in [0.15, 0.2) is 0 Å². The summed E-state index contributed by atoms with van der Waals surface area (Å²) < 4.78 is 4.83. The van der Waals surface area contributed by atoms with E-state index in [0.29, 0.717) is 12.4 Å². The molecule has 0 radical (unpaired) electrons. The second kappa shape index (κ2) is 8.55. The van der Waals surface area contributed by atoms with Crippen LogP contribution >= 0.6 is 11.8 Å². The highest BCUT2D eigenvalue weighted by Gasteiger charge is 2.10. The maximum atomic E-state index is 11.2. The number of rotatable bonds is 8. The first kappa shape index (κ1) is 14.2. The van der Waals surface area contributed by atoms with E-state index in [4.69, 9.17) is 9.84 Å². The minimum Gasteiger partial charge on any atom is -0.481 e. The number of nitrogens with one attached hydrogen (secondary N) is 1. The van der Waals surface area contributed by atoms with E-state index in [2.05, 4.69) is 5.32 Å². The van der Waals surface area contributed by atoms with Crippen LogP contribution in [-0.4, -0.2) is 48.2 Å². The van der Waals surface area contributed by atoms with Crippen molar-refractivity contribution in [2.75, 3.05) is 25.2 Å². The highest BCUT2D eigenvalue weighted by Crippen LogP contribution is 1.99. The lowest BCUT2D eigenvalue weighted by molar-refractivity contribution is -0.137. The van der Waals surface area contributed by atoms with Gasteiger partial charge >= 0.3 is 5.97 Å². The summed E-state index contributed by atoms with van der Waals surface area (Å²) in [5, 5.41) is 11.1. The van der Waals surface area contributed by atoms with E-state index in [1.54, 1.807) is 14.0 Å². The molecule has 0 aromatic heterocycles. The van der Waals surface area contributed by atoms with Crippen LogP contribution in [0.4, 0.5) is 0 Å². The number of carboxylic acids is 1. The van der Waals surface area contributed by atoms with Crippen molar-refractivity contribution in [1.82, 2.24) is 5.32 Å². The normalized spacial score (nSPS) is 12.1. The van der Waals surface area contributed by atoms with Crippen molar-refractivity contribution >= 4 is 23.6 Å². The van der Waals surface area contributed by atoms with Crippen LogP contribution in [0.25, 0.3) is 0 Å². The first-order valence-corrected chi connectivity index (χ1v) is 5.79. The number of carbonyl (C=O) groups is 2. The van der Waals surface area contributed by atoms with Gasteiger partial charge in [-0.05, 0) is 6.92 Å². The Kier molecular flexibility index (Phi) is 8.12. The Balaban J connectivity index is 3.51. The number of aliphatic carboxylic acids is 1. The molecule has 6 heteroatoms. The smallest absolute Gasteiger partial charge is 0.305 e. The molecule has 0 aromatic rings. The van der Waals surface area contributed by atoms with E-state index in [1.165, 1.54) is 11.8 Å². The Hall–Kier alpha value is -0.750. The summed E-state index contributed by atoms with van der Waals surface area (Å²) >= 11 is 1.46. The zero-order chi connectivity index (χ0) is 11.7. The molecular formula is C9H17NO4S. The van der Waals surface area contributed by atoms with Gasteiger partial charge in [-0.2, -0.15) is 0 Å². The maximum Gasteiger partial charge on any atom is 0.305 e. The molecule has 0 bridgehead atoms. The molecule has 1 amide bonds. The van der Waals surface area contributed by atoms with Gasteiger partial charge in [-0.15, -0.1) is 11.8 Å². The van der Waals surface area contributed by atoms with Crippen molar-refractivity contribution in [2.45, 2.75) is 19.4 Å². The summed E-state index contributed by atoms with van der Waals surface area (Å²) in [5.41, 5.74) is 0. The van der Waals surface area contributed by atoms with Crippen LogP contribution < -0.4 is 5.32 Å². The molecule has 0 aliphatic carbocycles. The molecule has 1 unspecified atom stereocenters. The lowest BCUT2D eigenvalue weighted by Crippen LogP contribution is -2.35. The van der Waals surface area contributed by atoms with Crippen molar-refractivity contribution in [3.05, 3.63) is 0 Å². The third kappa shape index (κ3) is 9.55. The lowest BCUT2D eigenvalue weighted by Gasteiger charge is -2.10. The highest BCUT2D eigenvalue weighted by atomic mass is 32.2. The Labute approximate surface area is 93.6 Å². The molecule has 88 valence electrons. The van der Waals surface area contributed by atoms with Crippen molar-refractivity contribution in [2.24, 2.45) is 0 Å². The molecule has 0 spiro atoms. The van der Waals surface area contributed by atoms with Crippen LogP contribution in [0.1, 0.15) is 13.3 Å². The largest absolute Gasteiger partial charge is 0.481 e. The number of hydrogen-bond donors (Lipinski definition) is 2. The zero-order valence-corrected chi connectivity index (χ0v) is 9.80. The van der Waals surface area contributed by atoms with Gasteiger partial charge in [0, 0.05) is 18.9 Å². The van der Waals surface area contributed by atoms with Crippen LogP contribution in [0, 0.1) is 0 Å². The fraction of sp³-hybridized carbons (Fsp3) is 0.778. The minimum absolute atomic E-state index is 0.0471. The third-order valence-corrected chi connectivity index (χ3v) is 2.47. The summed E-state index contributed by atoms with van der Waals surface area (Å²) in [5.74, 6) is 0.0598. The highest BCUT2D eigenvalue weighted by molar-refractivity contribution is 7.99. The number of amides is 1. The van der Waals surface area contributed by atoms with Gasteiger partial charge in [-0.25, -0.2) is 0 Å². The molecule has 0 aliphatic heterocycles. The minimum atomic E-state index is -0.908. The molecule has 0 aliphatic rings. The van der Waals surface area contributed by atoms with Gasteiger partial charge in [0.25, 0.3) is 0 Å². The summed E-state index contributed by atoms with van der Waals surface area (Å²) in [6.45, 7) is 2.29. The van der Waals surface area contributed by atoms with E-state index < -0.39 is 5.97 Å². The fourth-order valence-electron chi connectivity index (χ4n) is 0.937. The first-order valence-electron chi connectivity index (χ1n) is 4.64. The van der Waals surface area contributed by atoms with Crippen LogP contribution in [0.2, 0.25) is 0 Å². The Morgan fingerprint density at radius 3 is 2.73 bits per heavy atom. The molecule has 0 saturated carbocycles. The van der Waals surface area contributed by atoms with Gasteiger partial charge in [0.05, 0.1) is 18.8 Å². The van der Waals surface area contributed by atoms with Crippen LogP contribution in [-0.2, 0) is 14.3 Å². The Bertz CT molecular complexity index is 210. The van der Waals surface area contributed by atoms with Gasteiger partial charge < -0.3 is 15.2 Å². The number of ether oxygens (including phenoxy) is 1. The zero-order valence-electron chi connectivity index (χ0n) is 8.99. The molecule has 0 aromatic carbocycles. The van der Waals surface area contributed by atoms with Gasteiger partial charge in [-0.1, -0.05) is 0 Å². The molecule has 0 heterocycles. The summed E-state index contributed by atoms with van der Waals surface area (Å²) in [4.78, 5) is 21.5. The van der Waals surface area contributed by atoms with Gasteiger partial charge in [-0.3, -0.25) is 9.59 Å². The molecule has 0 fully saturated rings. The van der Waals surface area contributed by atoms with Gasteiger partial charge in [0.1, 0.15) is 0 Å². The molecule has 1 atom stereocenters. The molecular weight excluding hydrogens is 218 g/mol.